The fourth-order valence-electron chi connectivity index (χ4n) is 3.96. The summed E-state index contributed by atoms with van der Waals surface area (Å²) in [6.45, 7) is 7.96. The van der Waals surface area contributed by atoms with Crippen LogP contribution in [-0.4, -0.2) is 59.1 Å². The fourth-order valence-corrected chi connectivity index (χ4v) is 4.95. The Morgan fingerprint density at radius 2 is 1.80 bits per heavy atom. The standard InChI is InChI=1S/C25H28ClF2N5OS/c1-16(2)33-8-6-32(7-9-33)15-20-21(27)10-17(11-22(20)28)23-13-19(4-5-29-23)31-35-24-12-18(26)14-30-25(24)34-3/h4-5,10-14,16H,6-9,15H2,1-3H3,(H,29,31). The van der Waals surface area contributed by atoms with Gasteiger partial charge in [-0.25, -0.2) is 13.8 Å². The van der Waals surface area contributed by atoms with Gasteiger partial charge in [-0.15, -0.1) is 0 Å². The second-order valence-electron chi connectivity index (χ2n) is 8.62. The molecule has 0 bridgehead atoms. The molecule has 1 saturated heterocycles. The van der Waals surface area contributed by atoms with Crippen LogP contribution in [0.5, 0.6) is 5.88 Å². The number of rotatable bonds is 8. The highest BCUT2D eigenvalue weighted by molar-refractivity contribution is 8.00. The van der Waals surface area contributed by atoms with Crippen molar-refractivity contribution in [3.8, 4) is 17.1 Å². The third kappa shape index (κ3) is 6.41. The van der Waals surface area contributed by atoms with Crippen molar-refractivity contribution in [2.75, 3.05) is 38.0 Å². The topological polar surface area (TPSA) is 53.5 Å². The molecule has 10 heteroatoms. The summed E-state index contributed by atoms with van der Waals surface area (Å²) >= 11 is 7.30. The van der Waals surface area contributed by atoms with E-state index in [1.54, 1.807) is 24.4 Å². The molecule has 1 aromatic carbocycles. The van der Waals surface area contributed by atoms with Crippen molar-refractivity contribution in [2.45, 2.75) is 31.3 Å². The first-order valence-corrected chi connectivity index (χ1v) is 12.6. The second-order valence-corrected chi connectivity index (χ2v) is 9.90. The molecular weight excluding hydrogens is 492 g/mol. The first-order valence-electron chi connectivity index (χ1n) is 11.4. The third-order valence-electron chi connectivity index (χ3n) is 5.97. The van der Waals surface area contributed by atoms with Gasteiger partial charge in [-0.2, -0.15) is 0 Å². The highest BCUT2D eigenvalue weighted by atomic mass is 35.5. The maximum Gasteiger partial charge on any atom is 0.228 e. The van der Waals surface area contributed by atoms with Gasteiger partial charge in [0.05, 0.1) is 22.7 Å². The van der Waals surface area contributed by atoms with Crippen molar-refractivity contribution in [2.24, 2.45) is 0 Å². The molecule has 3 aromatic rings. The number of aromatic nitrogens is 2. The van der Waals surface area contributed by atoms with Gasteiger partial charge < -0.3 is 9.46 Å². The Hall–Kier alpha value is -2.46. The van der Waals surface area contributed by atoms with Crippen LogP contribution >= 0.6 is 23.5 Å². The summed E-state index contributed by atoms with van der Waals surface area (Å²) in [6.07, 6.45) is 3.09. The number of hydrogen-bond donors (Lipinski definition) is 1. The minimum Gasteiger partial charge on any atom is -0.480 e. The van der Waals surface area contributed by atoms with E-state index in [-0.39, 0.29) is 12.1 Å². The van der Waals surface area contributed by atoms with Gasteiger partial charge >= 0.3 is 0 Å². The molecule has 35 heavy (non-hydrogen) atoms. The van der Waals surface area contributed by atoms with Crippen LogP contribution in [0.1, 0.15) is 19.4 Å². The van der Waals surface area contributed by atoms with Gasteiger partial charge in [-0.3, -0.25) is 14.8 Å². The maximum absolute atomic E-state index is 15.0. The first kappa shape index (κ1) is 25.6. The molecule has 0 saturated carbocycles. The number of nitrogens with one attached hydrogen (secondary N) is 1. The lowest BCUT2D eigenvalue weighted by molar-refractivity contribution is 0.102. The van der Waals surface area contributed by atoms with Gasteiger partial charge in [0.1, 0.15) is 11.6 Å². The zero-order valence-corrected chi connectivity index (χ0v) is 21.5. The van der Waals surface area contributed by atoms with E-state index in [0.29, 0.717) is 38.8 Å². The smallest absolute Gasteiger partial charge is 0.228 e. The Morgan fingerprint density at radius 3 is 2.46 bits per heavy atom. The van der Waals surface area contributed by atoms with Crippen molar-refractivity contribution < 1.29 is 13.5 Å². The number of halogens is 3. The summed E-state index contributed by atoms with van der Waals surface area (Å²) in [5.41, 5.74) is 1.64. The molecule has 0 unspecified atom stereocenters. The molecule has 0 aliphatic carbocycles. The van der Waals surface area contributed by atoms with E-state index < -0.39 is 11.6 Å². The Balaban J connectivity index is 1.46. The molecule has 6 nitrogen and oxygen atoms in total. The van der Waals surface area contributed by atoms with E-state index >= 15 is 0 Å². The van der Waals surface area contributed by atoms with Gasteiger partial charge in [0.25, 0.3) is 0 Å². The monoisotopic (exact) mass is 519 g/mol. The normalized spacial score (nSPS) is 14.9. The number of piperazine rings is 1. The Kier molecular flexibility index (Phi) is 8.43. The molecule has 1 aliphatic heterocycles. The maximum atomic E-state index is 15.0. The van der Waals surface area contributed by atoms with Crippen LogP contribution in [0.25, 0.3) is 11.3 Å². The zero-order chi connectivity index (χ0) is 24.9. The van der Waals surface area contributed by atoms with Crippen LogP contribution < -0.4 is 9.46 Å². The quantitative estimate of drug-likeness (QED) is 0.381. The van der Waals surface area contributed by atoms with Gasteiger partial charge in [0.15, 0.2) is 0 Å². The summed E-state index contributed by atoms with van der Waals surface area (Å²) in [5.74, 6) is -0.683. The number of pyridine rings is 2. The third-order valence-corrected chi connectivity index (χ3v) is 7.03. The molecule has 4 rings (SSSR count). The van der Waals surface area contributed by atoms with Crippen molar-refractivity contribution in [3.63, 3.8) is 0 Å². The van der Waals surface area contributed by atoms with E-state index in [9.17, 15) is 8.78 Å². The van der Waals surface area contributed by atoms with Gasteiger partial charge in [0.2, 0.25) is 5.88 Å². The van der Waals surface area contributed by atoms with Crippen molar-refractivity contribution in [1.29, 1.82) is 0 Å². The Bertz CT molecular complexity index is 1150. The van der Waals surface area contributed by atoms with Crippen LogP contribution in [0.4, 0.5) is 14.5 Å². The van der Waals surface area contributed by atoms with Crippen LogP contribution in [-0.2, 0) is 6.54 Å². The summed E-state index contributed by atoms with van der Waals surface area (Å²) in [7, 11) is 1.53. The average Bonchev–Trinajstić information content (AvgIpc) is 2.85. The highest BCUT2D eigenvalue weighted by Gasteiger charge is 2.22. The molecule has 0 radical (unpaired) electrons. The summed E-state index contributed by atoms with van der Waals surface area (Å²) in [4.78, 5) is 13.6. The minimum atomic E-state index is -0.560. The Labute approximate surface area is 213 Å². The van der Waals surface area contributed by atoms with E-state index in [2.05, 4.69) is 38.3 Å². The van der Waals surface area contributed by atoms with Crippen molar-refractivity contribution >= 4 is 29.2 Å². The lowest BCUT2D eigenvalue weighted by atomic mass is 10.1. The molecule has 1 aliphatic rings. The predicted molar refractivity (Wildman–Crippen MR) is 137 cm³/mol. The molecule has 186 valence electrons. The number of methoxy groups -OCH3 is 1. The second kappa shape index (κ2) is 11.5. The number of nitrogens with zero attached hydrogens (tertiary/aromatic N) is 4. The summed E-state index contributed by atoms with van der Waals surface area (Å²) in [5, 5.41) is 0.485. The lowest BCUT2D eigenvalue weighted by Gasteiger charge is -2.37. The van der Waals surface area contributed by atoms with Gasteiger partial charge in [-0.1, -0.05) is 11.6 Å². The molecule has 0 spiro atoms. The average molecular weight is 520 g/mol. The number of hydrogen-bond acceptors (Lipinski definition) is 7. The number of ether oxygens (including phenoxy) is 1. The number of anilines is 1. The van der Waals surface area contributed by atoms with E-state index in [4.69, 9.17) is 16.3 Å². The molecular formula is C25H28ClF2N5OS. The summed E-state index contributed by atoms with van der Waals surface area (Å²) in [6, 6.07) is 8.41. The van der Waals surface area contributed by atoms with Crippen LogP contribution in [0.3, 0.4) is 0 Å². The zero-order valence-electron chi connectivity index (χ0n) is 19.9. The summed E-state index contributed by atoms with van der Waals surface area (Å²) < 4.78 is 38.4. The van der Waals surface area contributed by atoms with Crippen LogP contribution in [0, 0.1) is 11.6 Å². The highest BCUT2D eigenvalue weighted by Crippen LogP contribution is 2.32. The van der Waals surface area contributed by atoms with Gasteiger partial charge in [0, 0.05) is 68.0 Å². The van der Waals surface area contributed by atoms with Crippen molar-refractivity contribution in [1.82, 2.24) is 19.8 Å². The predicted octanol–water partition coefficient (Wildman–Crippen LogP) is 5.73. The molecule has 0 atom stereocenters. The van der Waals surface area contributed by atoms with Crippen LogP contribution in [0.2, 0.25) is 5.02 Å². The minimum absolute atomic E-state index is 0.0946. The van der Waals surface area contributed by atoms with E-state index in [1.807, 2.05) is 0 Å². The van der Waals surface area contributed by atoms with E-state index in [1.165, 1.54) is 37.4 Å². The molecule has 2 aromatic heterocycles. The van der Waals surface area contributed by atoms with E-state index in [0.717, 1.165) is 26.2 Å². The first-order chi connectivity index (χ1) is 16.8. The molecule has 0 amide bonds. The SMILES string of the molecule is COc1ncc(Cl)cc1SNc1ccnc(-c2cc(F)c(CN3CCN(C(C)C)CC3)c(F)c2)c1. The van der Waals surface area contributed by atoms with Gasteiger partial charge in [-0.05, 0) is 56.1 Å². The molecule has 3 heterocycles. The Morgan fingerprint density at radius 1 is 1.09 bits per heavy atom. The molecule has 1 fully saturated rings. The van der Waals surface area contributed by atoms with Crippen molar-refractivity contribution in [3.05, 3.63) is 64.9 Å². The molecule has 1 N–H and O–H groups in total. The van der Waals surface area contributed by atoms with Crippen LogP contribution in [0.15, 0.2) is 47.6 Å². The fraction of sp³-hybridized carbons (Fsp3) is 0.360. The largest absolute Gasteiger partial charge is 0.480 e. The number of benzene rings is 1. The lowest BCUT2D eigenvalue weighted by Crippen LogP contribution is -2.48.